The smallest absolute Gasteiger partial charge is 0.310 e. The molecule has 1 heterocycles. The highest BCUT2D eigenvalue weighted by Gasteiger charge is 2.43. The van der Waals surface area contributed by atoms with E-state index in [4.69, 9.17) is 16.3 Å². The number of hydrogen-bond acceptors (Lipinski definition) is 3. The van der Waals surface area contributed by atoms with Crippen LogP contribution in [0.3, 0.4) is 0 Å². The van der Waals surface area contributed by atoms with Gasteiger partial charge in [0.2, 0.25) is 0 Å². The lowest BCUT2D eigenvalue weighted by molar-refractivity contribution is -0.148. The maximum atomic E-state index is 11.5. The molecule has 0 radical (unpaired) electrons. The molecule has 5 heteroatoms. The van der Waals surface area contributed by atoms with Crippen LogP contribution in [0.5, 0.6) is 5.75 Å². The lowest BCUT2D eigenvalue weighted by Gasteiger charge is -2.24. The number of carbonyl (C=O) groups is 1. The molecule has 1 saturated heterocycles. The molecule has 1 N–H and O–H groups in total. The van der Waals surface area contributed by atoms with E-state index in [1.54, 1.807) is 12.1 Å². The number of likely N-dealkylation sites (tertiary alicyclic amines) is 1. The van der Waals surface area contributed by atoms with Gasteiger partial charge >= 0.3 is 5.97 Å². The van der Waals surface area contributed by atoms with E-state index in [-0.39, 0.29) is 0 Å². The van der Waals surface area contributed by atoms with Crippen LogP contribution in [0.4, 0.5) is 0 Å². The van der Waals surface area contributed by atoms with Crippen molar-refractivity contribution in [2.75, 3.05) is 26.2 Å². The minimum atomic E-state index is -0.664. The quantitative estimate of drug-likeness (QED) is 0.839. The normalized spacial score (nSPS) is 22.4. The van der Waals surface area contributed by atoms with Crippen LogP contribution in [0.25, 0.3) is 0 Å². The van der Waals surface area contributed by atoms with Gasteiger partial charge in [0.1, 0.15) is 12.4 Å². The summed E-state index contributed by atoms with van der Waals surface area (Å²) >= 11 is 5.90. The predicted octanol–water partition coefficient (Wildman–Crippen LogP) is 3.30. The van der Waals surface area contributed by atoms with Crippen molar-refractivity contribution >= 4 is 17.6 Å². The Bertz CT molecular complexity index is 494. The zero-order valence-corrected chi connectivity index (χ0v) is 13.1. The van der Waals surface area contributed by atoms with E-state index < -0.39 is 11.4 Å². The number of carboxylic acids is 1. The molecule has 1 aliphatic heterocycles. The third-order valence-electron chi connectivity index (χ3n) is 4.09. The Hall–Kier alpha value is -1.26. The lowest BCUT2D eigenvalue weighted by atomic mass is 9.83. The van der Waals surface area contributed by atoms with Gasteiger partial charge in [-0.05, 0) is 37.6 Å². The number of rotatable bonds is 7. The minimum absolute atomic E-state index is 0.544. The second kappa shape index (κ2) is 7.14. The van der Waals surface area contributed by atoms with Gasteiger partial charge < -0.3 is 9.84 Å². The summed E-state index contributed by atoms with van der Waals surface area (Å²) in [7, 11) is 0. The maximum Gasteiger partial charge on any atom is 0.310 e. The average Bonchev–Trinajstić information content (AvgIpc) is 2.84. The molecule has 4 nitrogen and oxygen atoms in total. The highest BCUT2D eigenvalue weighted by Crippen LogP contribution is 2.35. The van der Waals surface area contributed by atoms with Gasteiger partial charge in [-0.2, -0.15) is 0 Å². The van der Waals surface area contributed by atoms with Crippen molar-refractivity contribution < 1.29 is 14.6 Å². The molecule has 21 heavy (non-hydrogen) atoms. The predicted molar refractivity (Wildman–Crippen MR) is 83.0 cm³/mol. The fourth-order valence-corrected chi connectivity index (χ4v) is 3.14. The molecule has 1 atom stereocenters. The van der Waals surface area contributed by atoms with Crippen LogP contribution < -0.4 is 4.74 Å². The Morgan fingerprint density at radius 1 is 1.52 bits per heavy atom. The second-order valence-electron chi connectivity index (χ2n) is 5.67. The largest absolute Gasteiger partial charge is 0.492 e. The first-order valence-electron chi connectivity index (χ1n) is 7.40. The van der Waals surface area contributed by atoms with Crippen molar-refractivity contribution in [2.24, 2.45) is 5.41 Å². The Labute approximate surface area is 130 Å². The molecule has 0 bridgehead atoms. The van der Waals surface area contributed by atoms with Crippen molar-refractivity contribution in [1.82, 2.24) is 4.90 Å². The molecule has 0 amide bonds. The van der Waals surface area contributed by atoms with E-state index in [9.17, 15) is 9.90 Å². The zero-order valence-electron chi connectivity index (χ0n) is 12.3. The Morgan fingerprint density at radius 3 is 3.00 bits per heavy atom. The van der Waals surface area contributed by atoms with Gasteiger partial charge in [0.25, 0.3) is 0 Å². The van der Waals surface area contributed by atoms with E-state index in [2.05, 4.69) is 4.90 Å². The molecule has 1 unspecified atom stereocenters. The molecule has 116 valence electrons. The van der Waals surface area contributed by atoms with E-state index in [1.807, 2.05) is 19.1 Å². The van der Waals surface area contributed by atoms with Crippen molar-refractivity contribution in [3.8, 4) is 5.75 Å². The molecule has 1 aromatic carbocycles. The second-order valence-corrected chi connectivity index (χ2v) is 6.10. The first-order valence-corrected chi connectivity index (χ1v) is 7.78. The van der Waals surface area contributed by atoms with Crippen molar-refractivity contribution in [1.29, 1.82) is 0 Å². The minimum Gasteiger partial charge on any atom is -0.492 e. The highest BCUT2D eigenvalue weighted by molar-refractivity contribution is 6.30. The molecule has 0 spiro atoms. The number of nitrogens with zero attached hydrogens (tertiary/aromatic N) is 1. The highest BCUT2D eigenvalue weighted by atomic mass is 35.5. The van der Waals surface area contributed by atoms with E-state index in [0.29, 0.717) is 18.2 Å². The summed E-state index contributed by atoms with van der Waals surface area (Å²) in [5.41, 5.74) is -0.565. The molecule has 1 aromatic rings. The summed E-state index contributed by atoms with van der Waals surface area (Å²) in [4.78, 5) is 13.7. The third kappa shape index (κ3) is 4.11. The number of aliphatic carboxylic acids is 1. The lowest BCUT2D eigenvalue weighted by Crippen LogP contribution is -2.35. The monoisotopic (exact) mass is 311 g/mol. The summed E-state index contributed by atoms with van der Waals surface area (Å²) in [6, 6.07) is 7.31. The van der Waals surface area contributed by atoms with Crippen LogP contribution in [-0.2, 0) is 4.79 Å². The number of carboxylic acid groups (broad SMARTS) is 1. The van der Waals surface area contributed by atoms with E-state index >= 15 is 0 Å². The van der Waals surface area contributed by atoms with Crippen molar-refractivity contribution in [3.05, 3.63) is 29.3 Å². The fraction of sp³-hybridized carbons (Fsp3) is 0.562. The molecule has 0 aromatic heterocycles. The fourth-order valence-electron chi connectivity index (χ4n) is 2.96. The first kappa shape index (κ1) is 16.1. The van der Waals surface area contributed by atoms with Gasteiger partial charge in [0.05, 0.1) is 5.41 Å². The molecular formula is C16H22ClNO3. The Balaban J connectivity index is 1.81. The Kier molecular flexibility index (Phi) is 5.48. The van der Waals surface area contributed by atoms with Crippen molar-refractivity contribution in [3.63, 3.8) is 0 Å². The summed E-state index contributed by atoms with van der Waals surface area (Å²) in [6.45, 7) is 4.77. The summed E-state index contributed by atoms with van der Waals surface area (Å²) in [5, 5.41) is 10.1. The van der Waals surface area contributed by atoms with Gasteiger partial charge in [-0.15, -0.1) is 0 Å². The van der Waals surface area contributed by atoms with Gasteiger partial charge in [-0.25, -0.2) is 0 Å². The number of ether oxygens (including phenoxy) is 1. The topological polar surface area (TPSA) is 49.8 Å². The third-order valence-corrected chi connectivity index (χ3v) is 4.32. The van der Waals surface area contributed by atoms with E-state index in [1.165, 1.54) is 0 Å². The zero-order chi connectivity index (χ0) is 15.3. The number of benzene rings is 1. The van der Waals surface area contributed by atoms with Gasteiger partial charge in [-0.3, -0.25) is 9.69 Å². The maximum absolute atomic E-state index is 11.5. The molecule has 2 rings (SSSR count). The van der Waals surface area contributed by atoms with Gasteiger partial charge in [0, 0.05) is 18.1 Å². The SMILES string of the molecule is CCCC1(C(=O)O)CCN(CCOc2cccc(Cl)c2)C1. The van der Waals surface area contributed by atoms with Crippen LogP contribution in [-0.4, -0.2) is 42.2 Å². The van der Waals surface area contributed by atoms with Crippen LogP contribution in [0, 0.1) is 5.41 Å². The van der Waals surface area contributed by atoms with Gasteiger partial charge in [-0.1, -0.05) is 31.0 Å². The Morgan fingerprint density at radius 2 is 2.33 bits per heavy atom. The van der Waals surface area contributed by atoms with Crippen LogP contribution in [0.15, 0.2) is 24.3 Å². The van der Waals surface area contributed by atoms with Crippen molar-refractivity contribution in [2.45, 2.75) is 26.2 Å². The van der Waals surface area contributed by atoms with Crippen LogP contribution in [0.2, 0.25) is 5.02 Å². The number of halogens is 1. The average molecular weight is 312 g/mol. The molecule has 1 fully saturated rings. The van der Waals surface area contributed by atoms with Crippen LogP contribution >= 0.6 is 11.6 Å². The molecule has 0 saturated carbocycles. The van der Waals surface area contributed by atoms with E-state index in [0.717, 1.165) is 38.1 Å². The van der Waals surface area contributed by atoms with Gasteiger partial charge in [0.15, 0.2) is 0 Å². The summed E-state index contributed by atoms with van der Waals surface area (Å²) < 4.78 is 5.66. The molecule has 0 aliphatic carbocycles. The standard InChI is InChI=1S/C16H22ClNO3/c1-2-6-16(15(19)20)7-8-18(12-16)9-10-21-14-5-3-4-13(17)11-14/h3-5,11H,2,6-10,12H2,1H3,(H,19,20). The first-order chi connectivity index (χ1) is 10.1. The summed E-state index contributed by atoms with van der Waals surface area (Å²) in [6.07, 6.45) is 2.38. The summed E-state index contributed by atoms with van der Waals surface area (Å²) in [5.74, 6) is 0.0855. The number of hydrogen-bond donors (Lipinski definition) is 1. The molecular weight excluding hydrogens is 290 g/mol. The van der Waals surface area contributed by atoms with Crippen LogP contribution in [0.1, 0.15) is 26.2 Å². The molecule has 1 aliphatic rings.